The molecular formula is C18H17ClN4O2. The van der Waals surface area contributed by atoms with E-state index in [0.29, 0.717) is 32.9 Å². The van der Waals surface area contributed by atoms with Crippen molar-refractivity contribution >= 4 is 40.1 Å². The van der Waals surface area contributed by atoms with E-state index >= 15 is 0 Å². The molecule has 0 saturated heterocycles. The van der Waals surface area contributed by atoms with Gasteiger partial charge in [-0.3, -0.25) is 9.59 Å². The van der Waals surface area contributed by atoms with Gasteiger partial charge in [0.15, 0.2) is 0 Å². The van der Waals surface area contributed by atoms with E-state index in [1.807, 2.05) is 13.8 Å². The quantitative estimate of drug-likeness (QED) is 0.667. The highest BCUT2D eigenvalue weighted by atomic mass is 35.5. The van der Waals surface area contributed by atoms with Gasteiger partial charge in [-0.2, -0.15) is 0 Å². The first-order valence-corrected chi connectivity index (χ1v) is 8.17. The van der Waals surface area contributed by atoms with E-state index < -0.39 is 0 Å². The fourth-order valence-corrected chi connectivity index (χ4v) is 2.62. The molecule has 2 heterocycles. The van der Waals surface area contributed by atoms with Crippen LogP contribution in [-0.4, -0.2) is 27.8 Å². The number of nitrogens with one attached hydrogen (secondary N) is 3. The van der Waals surface area contributed by atoms with Crippen molar-refractivity contribution in [1.29, 1.82) is 0 Å². The molecule has 2 amide bonds. The number of H-pyrrole nitrogens is 1. The van der Waals surface area contributed by atoms with Crippen LogP contribution < -0.4 is 10.6 Å². The molecule has 0 aliphatic rings. The predicted molar refractivity (Wildman–Crippen MR) is 98.1 cm³/mol. The van der Waals surface area contributed by atoms with Crippen LogP contribution in [0.4, 0.5) is 5.69 Å². The Balaban J connectivity index is 1.88. The number of halogens is 1. The minimum atomic E-state index is -0.299. The van der Waals surface area contributed by atoms with Crippen molar-refractivity contribution < 1.29 is 9.59 Å². The lowest BCUT2D eigenvalue weighted by Crippen LogP contribution is -2.29. The monoisotopic (exact) mass is 356 g/mol. The molecular weight excluding hydrogens is 340 g/mol. The van der Waals surface area contributed by atoms with E-state index in [2.05, 4.69) is 20.6 Å². The molecule has 0 spiro atoms. The predicted octanol–water partition coefficient (Wildman–Crippen LogP) is 3.61. The van der Waals surface area contributed by atoms with Crippen LogP contribution in [0.25, 0.3) is 11.0 Å². The molecule has 0 atom stereocenters. The van der Waals surface area contributed by atoms with Crippen LogP contribution >= 0.6 is 11.6 Å². The van der Waals surface area contributed by atoms with Crippen molar-refractivity contribution in [1.82, 2.24) is 15.3 Å². The Morgan fingerprint density at radius 2 is 2.00 bits per heavy atom. The van der Waals surface area contributed by atoms with Gasteiger partial charge in [-0.05, 0) is 38.1 Å². The normalized spacial score (nSPS) is 10.9. The van der Waals surface area contributed by atoms with Gasteiger partial charge in [0.25, 0.3) is 11.8 Å². The molecule has 0 bridgehead atoms. The largest absolute Gasteiger partial charge is 0.350 e. The number of carbonyl (C=O) groups excluding carboxylic acids is 2. The van der Waals surface area contributed by atoms with E-state index in [1.54, 1.807) is 36.5 Å². The van der Waals surface area contributed by atoms with Gasteiger partial charge >= 0.3 is 0 Å². The number of fused-ring (bicyclic) bond motifs is 1. The van der Waals surface area contributed by atoms with Crippen LogP contribution in [0.1, 0.15) is 34.6 Å². The van der Waals surface area contributed by atoms with Gasteiger partial charge in [-0.15, -0.1) is 0 Å². The molecule has 3 N–H and O–H groups in total. The van der Waals surface area contributed by atoms with E-state index in [4.69, 9.17) is 11.6 Å². The lowest BCUT2D eigenvalue weighted by molar-refractivity contribution is 0.0944. The summed E-state index contributed by atoms with van der Waals surface area (Å²) in [5.41, 5.74) is 2.00. The number of rotatable bonds is 4. The number of pyridine rings is 1. The molecule has 25 heavy (non-hydrogen) atoms. The summed E-state index contributed by atoms with van der Waals surface area (Å²) in [6, 6.07) is 8.41. The number of carbonyl (C=O) groups is 2. The summed E-state index contributed by atoms with van der Waals surface area (Å²) < 4.78 is 0. The standard InChI is InChI=1S/C18H17ClN4O2/c1-10(2)22-18(25)15-9-21-16-14(15)7-13(8-20-16)23-17(24)11-4-3-5-12(19)6-11/h3-10H,1-2H3,(H,20,21)(H,22,25)(H,23,24). The van der Waals surface area contributed by atoms with Crippen LogP contribution in [0.2, 0.25) is 5.02 Å². The van der Waals surface area contributed by atoms with E-state index in [0.717, 1.165) is 0 Å². The van der Waals surface area contributed by atoms with Gasteiger partial charge in [0, 0.05) is 28.2 Å². The maximum absolute atomic E-state index is 12.3. The number of hydrogen-bond acceptors (Lipinski definition) is 3. The molecule has 0 unspecified atom stereocenters. The number of hydrogen-bond donors (Lipinski definition) is 3. The summed E-state index contributed by atoms with van der Waals surface area (Å²) in [5, 5.41) is 6.74. The molecule has 0 fully saturated rings. The Kier molecular flexibility index (Phi) is 4.72. The first kappa shape index (κ1) is 17.0. The SMILES string of the molecule is CC(C)NC(=O)c1c[nH]c2ncc(NC(=O)c3cccc(Cl)c3)cc12. The van der Waals surface area contributed by atoms with Crippen LogP contribution in [0.15, 0.2) is 42.7 Å². The molecule has 6 nitrogen and oxygen atoms in total. The summed E-state index contributed by atoms with van der Waals surface area (Å²) in [5.74, 6) is -0.492. The van der Waals surface area contributed by atoms with Gasteiger partial charge in [0.1, 0.15) is 5.65 Å². The minimum absolute atomic E-state index is 0.0242. The Bertz CT molecular complexity index is 949. The molecule has 7 heteroatoms. The third-order valence-electron chi connectivity index (χ3n) is 3.54. The van der Waals surface area contributed by atoms with Crippen molar-refractivity contribution in [2.45, 2.75) is 19.9 Å². The van der Waals surface area contributed by atoms with Crippen molar-refractivity contribution in [3.8, 4) is 0 Å². The second-order valence-corrected chi connectivity index (χ2v) is 6.35. The smallest absolute Gasteiger partial charge is 0.255 e. The van der Waals surface area contributed by atoms with Crippen LogP contribution in [-0.2, 0) is 0 Å². The van der Waals surface area contributed by atoms with Crippen LogP contribution in [0.3, 0.4) is 0 Å². The van der Waals surface area contributed by atoms with Gasteiger partial charge in [0.2, 0.25) is 0 Å². The lowest BCUT2D eigenvalue weighted by atomic mass is 10.1. The second-order valence-electron chi connectivity index (χ2n) is 5.92. The number of aromatic amines is 1. The zero-order chi connectivity index (χ0) is 18.0. The highest BCUT2D eigenvalue weighted by molar-refractivity contribution is 6.31. The van der Waals surface area contributed by atoms with Crippen molar-refractivity contribution in [2.75, 3.05) is 5.32 Å². The maximum Gasteiger partial charge on any atom is 0.255 e. The zero-order valence-corrected chi connectivity index (χ0v) is 14.5. The Hall–Kier alpha value is -2.86. The molecule has 0 aliphatic heterocycles. The Morgan fingerprint density at radius 3 is 2.72 bits per heavy atom. The van der Waals surface area contributed by atoms with Gasteiger partial charge in [0.05, 0.1) is 17.4 Å². The number of amides is 2. The van der Waals surface area contributed by atoms with Crippen LogP contribution in [0.5, 0.6) is 0 Å². The molecule has 0 saturated carbocycles. The average Bonchev–Trinajstić information content (AvgIpc) is 2.97. The maximum atomic E-state index is 12.3. The van der Waals surface area contributed by atoms with Crippen molar-refractivity contribution in [3.63, 3.8) is 0 Å². The molecule has 3 aromatic rings. The summed E-state index contributed by atoms with van der Waals surface area (Å²) >= 11 is 5.91. The highest BCUT2D eigenvalue weighted by Crippen LogP contribution is 2.21. The molecule has 0 radical (unpaired) electrons. The average molecular weight is 357 g/mol. The van der Waals surface area contributed by atoms with Crippen LogP contribution in [0, 0.1) is 0 Å². The molecule has 2 aromatic heterocycles. The number of anilines is 1. The molecule has 128 valence electrons. The Morgan fingerprint density at radius 1 is 1.20 bits per heavy atom. The summed E-state index contributed by atoms with van der Waals surface area (Å²) in [6.45, 7) is 3.78. The van der Waals surface area contributed by atoms with Gasteiger partial charge in [-0.25, -0.2) is 4.98 Å². The third kappa shape index (κ3) is 3.80. The topological polar surface area (TPSA) is 86.9 Å². The minimum Gasteiger partial charge on any atom is -0.350 e. The van der Waals surface area contributed by atoms with Gasteiger partial charge < -0.3 is 15.6 Å². The molecule has 1 aromatic carbocycles. The van der Waals surface area contributed by atoms with E-state index in [-0.39, 0.29) is 17.9 Å². The summed E-state index contributed by atoms with van der Waals surface area (Å²) in [4.78, 5) is 31.8. The lowest BCUT2D eigenvalue weighted by Gasteiger charge is -2.08. The number of aromatic nitrogens is 2. The fraction of sp³-hybridized carbons (Fsp3) is 0.167. The van der Waals surface area contributed by atoms with Crippen molar-refractivity contribution in [3.05, 3.63) is 58.9 Å². The highest BCUT2D eigenvalue weighted by Gasteiger charge is 2.15. The van der Waals surface area contributed by atoms with Crippen molar-refractivity contribution in [2.24, 2.45) is 0 Å². The molecule has 3 rings (SSSR count). The first-order valence-electron chi connectivity index (χ1n) is 7.79. The fourth-order valence-electron chi connectivity index (χ4n) is 2.43. The third-order valence-corrected chi connectivity index (χ3v) is 3.78. The zero-order valence-electron chi connectivity index (χ0n) is 13.8. The van der Waals surface area contributed by atoms with E-state index in [9.17, 15) is 9.59 Å². The first-order chi connectivity index (χ1) is 11.9. The Labute approximate surface area is 149 Å². The number of nitrogens with zero attached hydrogens (tertiary/aromatic N) is 1. The molecule has 0 aliphatic carbocycles. The second kappa shape index (κ2) is 6.94. The summed E-state index contributed by atoms with van der Waals surface area (Å²) in [6.07, 6.45) is 3.14. The van der Waals surface area contributed by atoms with E-state index in [1.165, 1.54) is 6.20 Å². The van der Waals surface area contributed by atoms with Gasteiger partial charge in [-0.1, -0.05) is 17.7 Å². The summed E-state index contributed by atoms with van der Waals surface area (Å²) in [7, 11) is 0. The number of benzene rings is 1.